The van der Waals surface area contributed by atoms with Crippen LogP contribution in [0, 0.1) is 6.92 Å². The van der Waals surface area contributed by atoms with Crippen molar-refractivity contribution in [2.24, 2.45) is 0 Å². The van der Waals surface area contributed by atoms with Crippen LogP contribution in [0.25, 0.3) is 22.6 Å². The SMILES string of the molecule is Cc1cnc(NC(=O)c2cccc(Cc3c(-c4ccccn4)nn(C4CCS(=O)(=O)C4)c3-c3ccccc3)c2)s1. The van der Waals surface area contributed by atoms with Gasteiger partial charge in [-0.25, -0.2) is 13.4 Å². The van der Waals surface area contributed by atoms with Crippen LogP contribution in [-0.2, 0) is 16.3 Å². The van der Waals surface area contributed by atoms with Crippen LogP contribution in [0.2, 0.25) is 0 Å². The summed E-state index contributed by atoms with van der Waals surface area (Å²) in [6.45, 7) is 1.94. The standard InChI is InChI=1S/C30H27N5O3S2/c1-20-18-32-30(39-20)33-29(36)23-11-7-8-21(16-23)17-25-27(26-12-5-6-14-31-26)34-35(24-13-15-40(37,38)19-24)28(25)22-9-3-2-4-10-22/h2-12,14,16,18,24H,13,15,17,19H2,1H3,(H,32,33,36). The summed E-state index contributed by atoms with van der Waals surface area (Å²) in [4.78, 5) is 22.9. The molecule has 2 aromatic carbocycles. The molecule has 3 aromatic heterocycles. The molecular weight excluding hydrogens is 542 g/mol. The highest BCUT2D eigenvalue weighted by Gasteiger charge is 2.33. The summed E-state index contributed by atoms with van der Waals surface area (Å²) in [5, 5.41) is 8.46. The van der Waals surface area contributed by atoms with Crippen molar-refractivity contribution >= 4 is 32.2 Å². The fourth-order valence-electron chi connectivity index (χ4n) is 5.09. The second-order valence-electron chi connectivity index (χ2n) is 9.87. The first kappa shape index (κ1) is 26.1. The molecule has 10 heteroatoms. The number of amides is 1. The molecule has 0 radical (unpaired) electrons. The Morgan fingerprint density at radius 3 is 2.58 bits per heavy atom. The normalized spacial score (nSPS) is 16.2. The second kappa shape index (κ2) is 10.8. The van der Waals surface area contributed by atoms with Crippen LogP contribution in [0.5, 0.6) is 0 Å². The van der Waals surface area contributed by atoms with Gasteiger partial charge in [-0.2, -0.15) is 5.10 Å². The molecule has 8 nitrogen and oxygen atoms in total. The van der Waals surface area contributed by atoms with Gasteiger partial charge in [0.05, 0.1) is 28.9 Å². The van der Waals surface area contributed by atoms with Crippen LogP contribution in [0.3, 0.4) is 0 Å². The molecule has 1 N–H and O–H groups in total. The van der Waals surface area contributed by atoms with Gasteiger partial charge in [-0.3, -0.25) is 19.8 Å². The summed E-state index contributed by atoms with van der Waals surface area (Å²) in [5.41, 5.74) is 5.62. The largest absolute Gasteiger partial charge is 0.298 e. The van der Waals surface area contributed by atoms with Crippen molar-refractivity contribution in [1.82, 2.24) is 19.7 Å². The Morgan fingerprint density at radius 1 is 1.05 bits per heavy atom. The van der Waals surface area contributed by atoms with Gasteiger partial charge in [0.15, 0.2) is 15.0 Å². The summed E-state index contributed by atoms with van der Waals surface area (Å²) in [5.74, 6) is -0.0200. The van der Waals surface area contributed by atoms with E-state index in [4.69, 9.17) is 5.10 Å². The highest BCUT2D eigenvalue weighted by atomic mass is 32.2. The Bertz CT molecular complexity index is 1780. The number of thiazole rings is 1. The molecule has 1 fully saturated rings. The molecule has 0 aliphatic carbocycles. The van der Waals surface area contributed by atoms with Gasteiger partial charge in [0.25, 0.3) is 5.91 Å². The van der Waals surface area contributed by atoms with Gasteiger partial charge in [-0.05, 0) is 43.2 Å². The van der Waals surface area contributed by atoms with Crippen molar-refractivity contribution in [1.29, 1.82) is 0 Å². The number of rotatable bonds is 7. The molecule has 202 valence electrons. The first-order chi connectivity index (χ1) is 19.4. The molecular formula is C30H27N5O3S2. The summed E-state index contributed by atoms with van der Waals surface area (Å²) in [7, 11) is -3.13. The predicted molar refractivity (Wildman–Crippen MR) is 157 cm³/mol. The monoisotopic (exact) mass is 569 g/mol. The zero-order chi connectivity index (χ0) is 27.7. The minimum Gasteiger partial charge on any atom is -0.298 e. The van der Waals surface area contributed by atoms with Crippen molar-refractivity contribution < 1.29 is 13.2 Å². The highest BCUT2D eigenvalue weighted by Crippen LogP contribution is 2.37. The molecule has 1 aliphatic rings. The number of pyridine rings is 1. The minimum absolute atomic E-state index is 0.0570. The van der Waals surface area contributed by atoms with E-state index in [0.29, 0.717) is 34.9 Å². The van der Waals surface area contributed by atoms with Crippen LogP contribution in [0.15, 0.2) is 85.2 Å². The van der Waals surface area contributed by atoms with E-state index in [9.17, 15) is 13.2 Å². The number of anilines is 1. The molecule has 0 bridgehead atoms. The van der Waals surface area contributed by atoms with Crippen molar-refractivity contribution in [2.75, 3.05) is 16.8 Å². The summed E-state index contributed by atoms with van der Waals surface area (Å²) < 4.78 is 26.8. The first-order valence-corrected chi connectivity index (χ1v) is 15.6. The quantitative estimate of drug-likeness (QED) is 0.274. The highest BCUT2D eigenvalue weighted by molar-refractivity contribution is 7.91. The lowest BCUT2D eigenvalue weighted by molar-refractivity contribution is 0.102. The fourth-order valence-corrected chi connectivity index (χ4v) is 7.44. The number of carbonyl (C=O) groups is 1. The molecule has 6 rings (SSSR count). The summed E-state index contributed by atoms with van der Waals surface area (Å²) in [6.07, 6.45) is 4.45. The second-order valence-corrected chi connectivity index (χ2v) is 13.3. The molecule has 1 unspecified atom stereocenters. The van der Waals surface area contributed by atoms with Gasteiger partial charge >= 0.3 is 0 Å². The average Bonchev–Trinajstić information content (AvgIpc) is 3.66. The molecule has 0 saturated carbocycles. The Balaban J connectivity index is 1.45. The molecule has 40 heavy (non-hydrogen) atoms. The van der Waals surface area contributed by atoms with E-state index in [-0.39, 0.29) is 23.5 Å². The van der Waals surface area contributed by atoms with E-state index in [0.717, 1.165) is 27.3 Å². The average molecular weight is 570 g/mol. The van der Waals surface area contributed by atoms with Crippen LogP contribution in [0.4, 0.5) is 5.13 Å². The maximum Gasteiger partial charge on any atom is 0.257 e. The number of carbonyl (C=O) groups excluding carboxylic acids is 1. The number of nitrogens with one attached hydrogen (secondary N) is 1. The number of benzene rings is 2. The maximum atomic E-state index is 13.0. The van der Waals surface area contributed by atoms with E-state index in [1.807, 2.05) is 78.3 Å². The molecule has 0 spiro atoms. The van der Waals surface area contributed by atoms with Crippen LogP contribution < -0.4 is 5.32 Å². The number of sulfone groups is 1. The third-order valence-electron chi connectivity index (χ3n) is 6.93. The smallest absolute Gasteiger partial charge is 0.257 e. The first-order valence-electron chi connectivity index (χ1n) is 13.0. The van der Waals surface area contributed by atoms with Crippen molar-refractivity contribution in [2.45, 2.75) is 25.8 Å². The van der Waals surface area contributed by atoms with E-state index < -0.39 is 9.84 Å². The zero-order valence-electron chi connectivity index (χ0n) is 21.8. The van der Waals surface area contributed by atoms with E-state index in [1.165, 1.54) is 11.3 Å². The third kappa shape index (κ3) is 5.45. The van der Waals surface area contributed by atoms with Gasteiger partial charge in [0.1, 0.15) is 5.69 Å². The van der Waals surface area contributed by atoms with Crippen LogP contribution in [0.1, 0.15) is 38.8 Å². The van der Waals surface area contributed by atoms with E-state index >= 15 is 0 Å². The van der Waals surface area contributed by atoms with Gasteiger partial charge in [0.2, 0.25) is 0 Å². The van der Waals surface area contributed by atoms with E-state index in [2.05, 4.69) is 15.3 Å². The summed E-state index contributed by atoms with van der Waals surface area (Å²) >= 11 is 1.43. The lowest BCUT2D eigenvalue weighted by Crippen LogP contribution is -2.14. The Morgan fingerprint density at radius 2 is 1.88 bits per heavy atom. The zero-order valence-corrected chi connectivity index (χ0v) is 23.5. The van der Waals surface area contributed by atoms with Gasteiger partial charge in [-0.1, -0.05) is 48.5 Å². The Labute approximate surface area is 236 Å². The molecule has 5 aromatic rings. The third-order valence-corrected chi connectivity index (χ3v) is 9.51. The molecule has 1 saturated heterocycles. The van der Waals surface area contributed by atoms with Gasteiger partial charge in [0, 0.05) is 40.4 Å². The van der Waals surface area contributed by atoms with Crippen LogP contribution in [-0.4, -0.2) is 45.6 Å². The number of hydrogen-bond donors (Lipinski definition) is 1. The number of hydrogen-bond acceptors (Lipinski definition) is 7. The molecule has 1 atom stereocenters. The topological polar surface area (TPSA) is 107 Å². The number of aryl methyl sites for hydroxylation is 1. The maximum absolute atomic E-state index is 13.0. The number of nitrogens with zero attached hydrogens (tertiary/aromatic N) is 4. The van der Waals surface area contributed by atoms with E-state index in [1.54, 1.807) is 18.5 Å². The lowest BCUT2D eigenvalue weighted by Gasteiger charge is -2.15. The Hall–Kier alpha value is -4.15. The Kier molecular flexibility index (Phi) is 7.03. The van der Waals surface area contributed by atoms with Gasteiger partial charge in [-0.15, -0.1) is 11.3 Å². The van der Waals surface area contributed by atoms with Crippen molar-refractivity contribution in [3.8, 4) is 22.6 Å². The van der Waals surface area contributed by atoms with Gasteiger partial charge < -0.3 is 0 Å². The predicted octanol–water partition coefficient (Wildman–Crippen LogP) is 5.58. The lowest BCUT2D eigenvalue weighted by atomic mass is 9.96. The minimum atomic E-state index is -3.13. The molecule has 1 amide bonds. The number of aromatic nitrogens is 4. The molecule has 4 heterocycles. The van der Waals surface area contributed by atoms with Crippen molar-refractivity contribution in [3.63, 3.8) is 0 Å². The summed E-state index contributed by atoms with van der Waals surface area (Å²) in [6, 6.07) is 22.8. The van der Waals surface area contributed by atoms with Crippen molar-refractivity contribution in [3.05, 3.63) is 107 Å². The molecule has 1 aliphatic heterocycles. The fraction of sp³-hybridized carbons (Fsp3) is 0.200. The van der Waals surface area contributed by atoms with Crippen LogP contribution >= 0.6 is 11.3 Å².